The van der Waals surface area contributed by atoms with Gasteiger partial charge in [0.2, 0.25) is 6.67 Å². The van der Waals surface area contributed by atoms with Crippen molar-refractivity contribution in [2.45, 2.75) is 72.0 Å². The fourth-order valence-corrected chi connectivity index (χ4v) is 6.57. The van der Waals surface area contributed by atoms with Gasteiger partial charge in [0, 0.05) is 18.3 Å². The largest absolute Gasteiger partial charge is 0.461 e. The number of esters is 1. The maximum atomic E-state index is 12.7. The topological polar surface area (TPSA) is 33.4 Å². The first-order valence-corrected chi connectivity index (χ1v) is 15.8. The quantitative estimate of drug-likeness (QED) is 0.109. The molecule has 1 aliphatic rings. The van der Waals surface area contributed by atoms with Crippen LogP contribution in [0.3, 0.4) is 0 Å². The molecule has 44 heavy (non-hydrogen) atoms. The molecule has 0 bridgehead atoms. The van der Waals surface area contributed by atoms with Crippen LogP contribution in [0.1, 0.15) is 90.4 Å². The molecular weight excluding hydrogens is 540 g/mol. The number of methoxy groups -OCH3 is 1. The van der Waals surface area contributed by atoms with Gasteiger partial charge < -0.3 is 9.64 Å². The number of pyridine rings is 1. The van der Waals surface area contributed by atoms with Gasteiger partial charge in [-0.25, -0.2) is 4.79 Å². The van der Waals surface area contributed by atoms with Gasteiger partial charge in [-0.2, -0.15) is 4.57 Å². The lowest BCUT2D eigenvalue weighted by molar-refractivity contribution is -0.716. The lowest BCUT2D eigenvalue weighted by Gasteiger charge is -2.35. The Morgan fingerprint density at radius 1 is 0.909 bits per heavy atom. The highest BCUT2D eigenvalue weighted by atomic mass is 16.5. The number of carbonyl (C=O) groups excluding carboxylic acids is 1. The number of ether oxygens (including phenoxy) is 1. The highest BCUT2D eigenvalue weighted by molar-refractivity contribution is 6.10. The van der Waals surface area contributed by atoms with Gasteiger partial charge in [-0.3, -0.25) is 0 Å². The smallest absolute Gasteiger partial charge is 0.403 e. The standard InChI is InChI=1S/C40H43N2O2/c1-7-8-11-28-14-17-31-29(24-28)15-18-33-32(31)19-20-35-34(33)21-23-42(26-41-22-10-9-12-37(41)39(43)44-6)38(35)36-25-30(40(3,4)5)16-13-27(36)2/h9-10,12-25,38H,7-8,11,26H2,1-6H3/q+1. The molecule has 0 radical (unpaired) electrons. The molecule has 0 saturated carbocycles. The van der Waals surface area contributed by atoms with E-state index in [1.807, 2.05) is 29.0 Å². The molecule has 1 aromatic heterocycles. The summed E-state index contributed by atoms with van der Waals surface area (Å²) in [5.41, 5.74) is 8.31. The summed E-state index contributed by atoms with van der Waals surface area (Å²) in [6.07, 6.45) is 9.95. The summed E-state index contributed by atoms with van der Waals surface area (Å²) < 4.78 is 7.09. The minimum atomic E-state index is -0.342. The zero-order chi connectivity index (χ0) is 31.0. The van der Waals surface area contributed by atoms with Gasteiger partial charge in [-0.05, 0) is 92.2 Å². The lowest BCUT2D eigenvalue weighted by atomic mass is 9.81. The highest BCUT2D eigenvalue weighted by Crippen LogP contribution is 2.42. The van der Waals surface area contributed by atoms with Crippen molar-refractivity contribution in [2.75, 3.05) is 7.11 Å². The van der Waals surface area contributed by atoms with Crippen molar-refractivity contribution in [3.63, 3.8) is 0 Å². The molecule has 4 aromatic carbocycles. The van der Waals surface area contributed by atoms with E-state index in [-0.39, 0.29) is 17.4 Å². The van der Waals surface area contributed by atoms with Gasteiger partial charge in [0.15, 0.2) is 6.20 Å². The van der Waals surface area contributed by atoms with Gasteiger partial charge in [0.25, 0.3) is 5.69 Å². The molecule has 5 aromatic rings. The second kappa shape index (κ2) is 11.9. The van der Waals surface area contributed by atoms with Crippen molar-refractivity contribution in [1.82, 2.24) is 4.90 Å². The maximum absolute atomic E-state index is 12.7. The van der Waals surface area contributed by atoms with Crippen LogP contribution in [-0.2, 0) is 23.2 Å². The monoisotopic (exact) mass is 583 g/mol. The van der Waals surface area contributed by atoms with E-state index in [1.54, 1.807) is 0 Å². The third-order valence-corrected chi connectivity index (χ3v) is 9.13. The number of nitrogens with zero attached hydrogens (tertiary/aromatic N) is 2. The van der Waals surface area contributed by atoms with Crippen LogP contribution in [0.5, 0.6) is 0 Å². The summed E-state index contributed by atoms with van der Waals surface area (Å²) in [4.78, 5) is 15.0. The molecule has 1 aliphatic heterocycles. The van der Waals surface area contributed by atoms with Crippen molar-refractivity contribution < 1.29 is 14.1 Å². The zero-order valence-electron chi connectivity index (χ0n) is 26.9. The normalized spacial score (nSPS) is 14.7. The number of aromatic nitrogens is 1. The first kappa shape index (κ1) is 29.6. The van der Waals surface area contributed by atoms with Crippen molar-refractivity contribution in [3.05, 3.63) is 130 Å². The number of carbonyl (C=O) groups is 1. The summed E-state index contributed by atoms with van der Waals surface area (Å²) in [6.45, 7) is 11.8. The molecule has 224 valence electrons. The molecule has 0 saturated heterocycles. The van der Waals surface area contributed by atoms with Gasteiger partial charge >= 0.3 is 5.97 Å². The van der Waals surface area contributed by atoms with Crippen molar-refractivity contribution >= 4 is 33.6 Å². The second-order valence-corrected chi connectivity index (χ2v) is 13.1. The molecule has 0 amide bonds. The van der Waals surface area contributed by atoms with E-state index in [2.05, 4.69) is 112 Å². The van der Waals surface area contributed by atoms with Crippen molar-refractivity contribution in [3.8, 4) is 0 Å². The Hall–Kier alpha value is -4.44. The number of unbranched alkanes of at least 4 members (excludes halogenated alkanes) is 1. The van der Waals surface area contributed by atoms with E-state index >= 15 is 0 Å². The van der Waals surface area contributed by atoms with Crippen LogP contribution in [0.4, 0.5) is 0 Å². The van der Waals surface area contributed by atoms with Crippen LogP contribution in [0.15, 0.2) is 91.3 Å². The molecule has 4 nitrogen and oxygen atoms in total. The molecule has 6 rings (SSSR count). The predicted octanol–water partition coefficient (Wildman–Crippen LogP) is 9.05. The fourth-order valence-electron chi connectivity index (χ4n) is 6.57. The van der Waals surface area contributed by atoms with Gasteiger partial charge in [-0.15, -0.1) is 0 Å². The summed E-state index contributed by atoms with van der Waals surface area (Å²) in [6, 6.07) is 28.7. The summed E-state index contributed by atoms with van der Waals surface area (Å²) in [7, 11) is 1.43. The Kier molecular flexibility index (Phi) is 8.02. The van der Waals surface area contributed by atoms with E-state index in [4.69, 9.17) is 4.74 Å². The Morgan fingerprint density at radius 3 is 2.48 bits per heavy atom. The predicted molar refractivity (Wildman–Crippen MR) is 181 cm³/mol. The van der Waals surface area contributed by atoms with Crippen LogP contribution in [0.2, 0.25) is 0 Å². The molecule has 0 spiro atoms. The summed E-state index contributed by atoms with van der Waals surface area (Å²) in [5, 5.41) is 5.15. The third kappa shape index (κ3) is 5.50. The number of aryl methyl sites for hydroxylation is 2. The van der Waals surface area contributed by atoms with E-state index in [0.717, 1.165) is 6.42 Å². The Labute approximate surface area is 261 Å². The zero-order valence-corrected chi connectivity index (χ0v) is 26.9. The SMILES string of the molecule is CCCCc1ccc2c(ccc3c4c(ccc32)C(c2cc(C(C)(C)C)ccc2C)N(C[n+]2ccccc2C(=O)OC)C=C4)c1. The molecule has 0 N–H and O–H groups in total. The second-order valence-electron chi connectivity index (χ2n) is 13.1. The maximum Gasteiger partial charge on any atom is 0.403 e. The van der Waals surface area contributed by atoms with Crippen molar-refractivity contribution in [1.29, 1.82) is 0 Å². The average Bonchev–Trinajstić information content (AvgIpc) is 3.02. The lowest BCUT2D eigenvalue weighted by Crippen LogP contribution is -2.48. The molecule has 4 heteroatoms. The van der Waals surface area contributed by atoms with E-state index in [1.165, 1.54) is 74.9 Å². The Bertz CT molecular complexity index is 1900. The average molecular weight is 584 g/mol. The number of hydrogen-bond acceptors (Lipinski definition) is 3. The Morgan fingerprint density at radius 2 is 1.70 bits per heavy atom. The number of hydrogen-bond donors (Lipinski definition) is 0. The summed E-state index contributed by atoms with van der Waals surface area (Å²) >= 11 is 0. The number of rotatable bonds is 7. The molecule has 1 unspecified atom stereocenters. The van der Waals surface area contributed by atoms with Crippen LogP contribution in [0.25, 0.3) is 27.6 Å². The van der Waals surface area contributed by atoms with E-state index < -0.39 is 0 Å². The fraction of sp³-hybridized carbons (Fsp3) is 0.300. The first-order valence-electron chi connectivity index (χ1n) is 15.8. The van der Waals surface area contributed by atoms with Gasteiger partial charge in [0.05, 0.1) is 13.2 Å². The Balaban J connectivity index is 1.52. The first-order chi connectivity index (χ1) is 21.2. The molecule has 0 fully saturated rings. The van der Waals surface area contributed by atoms with Crippen LogP contribution in [-0.4, -0.2) is 18.0 Å². The molecule has 0 aliphatic carbocycles. The van der Waals surface area contributed by atoms with Crippen LogP contribution in [0, 0.1) is 6.92 Å². The van der Waals surface area contributed by atoms with Crippen LogP contribution >= 0.6 is 0 Å². The van der Waals surface area contributed by atoms with Crippen LogP contribution < -0.4 is 4.57 Å². The summed E-state index contributed by atoms with van der Waals surface area (Å²) in [5.74, 6) is -0.342. The highest BCUT2D eigenvalue weighted by Gasteiger charge is 2.32. The van der Waals surface area contributed by atoms with E-state index in [9.17, 15) is 4.79 Å². The number of benzene rings is 4. The molecule has 1 atom stereocenters. The van der Waals surface area contributed by atoms with E-state index in [0.29, 0.717) is 12.4 Å². The number of fused-ring (bicyclic) bond motifs is 5. The molecular formula is C40H43N2O2+. The van der Waals surface area contributed by atoms with Gasteiger partial charge in [0.1, 0.15) is 0 Å². The molecule has 2 heterocycles. The minimum Gasteiger partial charge on any atom is -0.461 e. The van der Waals surface area contributed by atoms with Crippen molar-refractivity contribution in [2.24, 2.45) is 0 Å². The third-order valence-electron chi connectivity index (χ3n) is 9.13. The van der Waals surface area contributed by atoms with Gasteiger partial charge in [-0.1, -0.05) is 94.8 Å². The minimum absolute atomic E-state index is 0.0190.